The molecule has 8 heavy (non-hydrogen) atoms. The predicted octanol–water partition coefficient (Wildman–Crippen LogP) is 1.56. The lowest BCUT2D eigenvalue weighted by Gasteiger charge is -2.15. The zero-order valence-corrected chi connectivity index (χ0v) is 5.65. The Morgan fingerprint density at radius 2 is 2.00 bits per heavy atom. The van der Waals surface area contributed by atoms with Crippen molar-refractivity contribution >= 4 is 0 Å². The van der Waals surface area contributed by atoms with Crippen LogP contribution < -0.4 is 0 Å². The molecular weight excluding hydrogens is 100 g/mol. The van der Waals surface area contributed by atoms with Gasteiger partial charge in [0.25, 0.3) is 0 Å². The highest BCUT2D eigenvalue weighted by Gasteiger charge is 2.27. The van der Waals surface area contributed by atoms with Crippen molar-refractivity contribution in [3.8, 4) is 0 Å². The maximum atomic E-state index is 9.23. The second kappa shape index (κ2) is 1.73. The van der Waals surface area contributed by atoms with Gasteiger partial charge < -0.3 is 5.11 Å². The molecule has 0 heterocycles. The van der Waals surface area contributed by atoms with E-state index in [0.29, 0.717) is 0 Å². The van der Waals surface area contributed by atoms with Crippen LogP contribution >= 0.6 is 0 Å². The molecule has 0 radical (unpaired) electrons. The van der Waals surface area contributed by atoms with E-state index in [2.05, 4.69) is 0 Å². The minimum atomic E-state index is -0.416. The molecule has 0 aromatic heterocycles. The van der Waals surface area contributed by atoms with Crippen molar-refractivity contribution in [2.75, 3.05) is 0 Å². The average Bonchev–Trinajstić information content (AvgIpc) is 2.12. The zero-order valence-electron chi connectivity index (χ0n) is 5.65. The lowest BCUT2D eigenvalue weighted by atomic mass is 10.0. The molecule has 0 aromatic carbocycles. The van der Waals surface area contributed by atoms with Crippen molar-refractivity contribution in [3.63, 3.8) is 0 Å². The lowest BCUT2D eigenvalue weighted by Crippen LogP contribution is -2.18. The molecule has 1 N–H and O–H groups in total. The van der Waals surface area contributed by atoms with Crippen LogP contribution in [0.1, 0.15) is 33.1 Å². The molecule has 48 valence electrons. The first-order chi connectivity index (χ1) is 3.58. The summed E-state index contributed by atoms with van der Waals surface area (Å²) in [6.45, 7) is 3.76. The molecule has 0 amide bonds. The van der Waals surface area contributed by atoms with E-state index in [1.54, 1.807) is 0 Å². The van der Waals surface area contributed by atoms with Crippen LogP contribution in [-0.2, 0) is 0 Å². The van der Waals surface area contributed by atoms with Crippen LogP contribution in [0.25, 0.3) is 0 Å². The lowest BCUT2D eigenvalue weighted by molar-refractivity contribution is 0.0650. The Bertz CT molecular complexity index is 76.9. The fourth-order valence-corrected chi connectivity index (χ4v) is 1.03. The van der Waals surface area contributed by atoms with Gasteiger partial charge in [0.15, 0.2) is 0 Å². The molecule has 1 fully saturated rings. The van der Waals surface area contributed by atoms with Crippen LogP contribution in [0, 0.1) is 5.92 Å². The first-order valence-corrected chi connectivity index (χ1v) is 3.30. The van der Waals surface area contributed by atoms with Crippen molar-refractivity contribution in [2.24, 2.45) is 5.92 Å². The normalized spacial score (nSPS) is 21.4. The van der Waals surface area contributed by atoms with Gasteiger partial charge in [0.1, 0.15) is 0 Å². The molecule has 1 aliphatic carbocycles. The third kappa shape index (κ3) is 2.31. The van der Waals surface area contributed by atoms with Gasteiger partial charge in [0, 0.05) is 0 Å². The summed E-state index contributed by atoms with van der Waals surface area (Å²) < 4.78 is 0. The van der Waals surface area contributed by atoms with Gasteiger partial charge in [0.2, 0.25) is 0 Å². The summed E-state index contributed by atoms with van der Waals surface area (Å²) in [7, 11) is 0. The number of rotatable bonds is 2. The molecular formula is C7H14O. The van der Waals surface area contributed by atoms with Crippen molar-refractivity contribution in [2.45, 2.75) is 38.7 Å². The largest absolute Gasteiger partial charge is 0.390 e. The number of hydrogen-bond donors (Lipinski definition) is 1. The second-order valence-electron chi connectivity index (χ2n) is 3.46. The molecule has 1 nitrogen and oxygen atoms in total. The van der Waals surface area contributed by atoms with Gasteiger partial charge in [-0.05, 0) is 26.2 Å². The van der Waals surface area contributed by atoms with Gasteiger partial charge in [-0.25, -0.2) is 0 Å². The highest BCUT2D eigenvalue weighted by Crippen LogP contribution is 2.36. The summed E-state index contributed by atoms with van der Waals surface area (Å²) in [4.78, 5) is 0. The summed E-state index contributed by atoms with van der Waals surface area (Å²) in [5.74, 6) is 0.843. The summed E-state index contributed by atoms with van der Waals surface area (Å²) >= 11 is 0. The van der Waals surface area contributed by atoms with E-state index in [9.17, 15) is 5.11 Å². The number of hydrogen-bond acceptors (Lipinski definition) is 1. The molecule has 1 rings (SSSR count). The van der Waals surface area contributed by atoms with E-state index >= 15 is 0 Å². The van der Waals surface area contributed by atoms with Crippen molar-refractivity contribution in [1.29, 1.82) is 0 Å². The molecule has 0 spiro atoms. The highest BCUT2D eigenvalue weighted by atomic mass is 16.3. The van der Waals surface area contributed by atoms with Crippen molar-refractivity contribution < 1.29 is 5.11 Å². The Kier molecular flexibility index (Phi) is 1.31. The first-order valence-electron chi connectivity index (χ1n) is 3.30. The molecule has 0 bridgehead atoms. The fraction of sp³-hybridized carbons (Fsp3) is 1.00. The van der Waals surface area contributed by atoms with E-state index in [4.69, 9.17) is 0 Å². The number of aliphatic hydroxyl groups is 1. The van der Waals surface area contributed by atoms with Gasteiger partial charge in [-0.3, -0.25) is 0 Å². The molecule has 0 saturated heterocycles. The van der Waals surface area contributed by atoms with E-state index in [-0.39, 0.29) is 0 Å². The van der Waals surface area contributed by atoms with Crippen LogP contribution in [0.4, 0.5) is 0 Å². The Morgan fingerprint density at radius 1 is 1.50 bits per heavy atom. The molecule has 0 unspecified atom stereocenters. The van der Waals surface area contributed by atoms with Gasteiger partial charge in [-0.2, -0.15) is 0 Å². The van der Waals surface area contributed by atoms with E-state index < -0.39 is 5.60 Å². The standard InChI is InChI=1S/C7H14O/c1-7(2,8)5-6-3-4-6/h6,8H,3-5H2,1-2H3. The second-order valence-corrected chi connectivity index (χ2v) is 3.46. The quantitative estimate of drug-likeness (QED) is 0.577. The van der Waals surface area contributed by atoms with Crippen LogP contribution in [0.3, 0.4) is 0 Å². The third-order valence-electron chi connectivity index (χ3n) is 1.49. The minimum absolute atomic E-state index is 0.416. The maximum absolute atomic E-state index is 9.23. The van der Waals surface area contributed by atoms with Crippen LogP contribution in [-0.4, -0.2) is 10.7 Å². The molecule has 1 heteroatoms. The Balaban J connectivity index is 2.16. The van der Waals surface area contributed by atoms with E-state index in [0.717, 1.165) is 12.3 Å². The maximum Gasteiger partial charge on any atom is 0.0594 e. The third-order valence-corrected chi connectivity index (χ3v) is 1.49. The Labute approximate surface area is 50.7 Å². The highest BCUT2D eigenvalue weighted by molar-refractivity contribution is 4.80. The average molecular weight is 114 g/mol. The molecule has 0 aliphatic heterocycles. The van der Waals surface area contributed by atoms with E-state index in [1.807, 2.05) is 13.8 Å². The van der Waals surface area contributed by atoms with Gasteiger partial charge in [-0.15, -0.1) is 0 Å². The summed E-state index contributed by atoms with van der Waals surface area (Å²) in [5, 5.41) is 9.23. The van der Waals surface area contributed by atoms with Crippen molar-refractivity contribution in [3.05, 3.63) is 0 Å². The molecule has 0 atom stereocenters. The van der Waals surface area contributed by atoms with Crippen LogP contribution in [0.2, 0.25) is 0 Å². The monoisotopic (exact) mass is 114 g/mol. The van der Waals surface area contributed by atoms with Gasteiger partial charge in [0.05, 0.1) is 5.60 Å². The molecule has 0 aromatic rings. The van der Waals surface area contributed by atoms with E-state index in [1.165, 1.54) is 12.8 Å². The Morgan fingerprint density at radius 3 is 2.12 bits per heavy atom. The topological polar surface area (TPSA) is 20.2 Å². The van der Waals surface area contributed by atoms with Gasteiger partial charge >= 0.3 is 0 Å². The van der Waals surface area contributed by atoms with Crippen molar-refractivity contribution in [1.82, 2.24) is 0 Å². The molecule has 1 saturated carbocycles. The first kappa shape index (κ1) is 6.09. The summed E-state index contributed by atoms with van der Waals surface area (Å²) in [5.41, 5.74) is -0.416. The zero-order chi connectivity index (χ0) is 6.20. The molecule has 1 aliphatic rings. The minimum Gasteiger partial charge on any atom is -0.390 e. The van der Waals surface area contributed by atoms with Gasteiger partial charge in [-0.1, -0.05) is 12.8 Å². The Hall–Kier alpha value is -0.0400. The van der Waals surface area contributed by atoms with Crippen LogP contribution in [0.15, 0.2) is 0 Å². The summed E-state index contributed by atoms with van der Waals surface area (Å²) in [6.07, 6.45) is 3.67. The van der Waals surface area contributed by atoms with Crippen LogP contribution in [0.5, 0.6) is 0 Å². The fourth-order valence-electron chi connectivity index (χ4n) is 1.03. The smallest absolute Gasteiger partial charge is 0.0594 e. The summed E-state index contributed by atoms with van der Waals surface area (Å²) in [6, 6.07) is 0. The SMILES string of the molecule is CC(C)(O)CC1CC1. The predicted molar refractivity (Wildman–Crippen MR) is 33.6 cm³/mol.